The Balaban J connectivity index is 1.61. The molecule has 1 amide bonds. The Hall–Kier alpha value is -2.23. The molecule has 0 aromatic heterocycles. The maximum absolute atomic E-state index is 12.6. The van der Waals surface area contributed by atoms with Crippen molar-refractivity contribution in [3.8, 4) is 11.5 Å². The number of nitrogens with one attached hydrogen (secondary N) is 1. The predicted molar refractivity (Wildman–Crippen MR) is 94.3 cm³/mol. The first-order chi connectivity index (χ1) is 12.9. The molecule has 2 N–H and O–H groups in total. The molecule has 0 aliphatic carbocycles. The molecule has 144 valence electrons. The van der Waals surface area contributed by atoms with Crippen molar-refractivity contribution in [1.82, 2.24) is 9.79 Å². The van der Waals surface area contributed by atoms with Crippen LogP contribution in [0.2, 0.25) is 0 Å². The van der Waals surface area contributed by atoms with Gasteiger partial charge in [-0.25, -0.2) is 9.79 Å². The molecule has 1 aliphatic heterocycles. The SMILES string of the molecule is O=C(NO)[C@H]1CCSN1Cc1ccc(Oc2ccc(C(F)(F)F)cc2)cc1. The van der Waals surface area contributed by atoms with Crippen LogP contribution in [0, 0.1) is 0 Å². The van der Waals surface area contributed by atoms with Crippen LogP contribution >= 0.6 is 11.9 Å². The highest BCUT2D eigenvalue weighted by atomic mass is 32.2. The maximum atomic E-state index is 12.6. The quantitative estimate of drug-likeness (QED) is 0.449. The number of nitrogens with zero attached hydrogens (tertiary/aromatic N) is 1. The average Bonchev–Trinajstić information content (AvgIpc) is 3.10. The minimum atomic E-state index is -4.38. The van der Waals surface area contributed by atoms with Gasteiger partial charge in [0.05, 0.1) is 5.56 Å². The second kappa shape index (κ2) is 8.20. The Morgan fingerprint density at radius 1 is 1.15 bits per heavy atom. The molecule has 1 atom stereocenters. The summed E-state index contributed by atoms with van der Waals surface area (Å²) in [6, 6.07) is 11.2. The number of amides is 1. The zero-order valence-corrected chi connectivity index (χ0v) is 14.9. The minimum absolute atomic E-state index is 0.311. The lowest BCUT2D eigenvalue weighted by molar-refractivity contribution is -0.137. The van der Waals surface area contributed by atoms with E-state index in [-0.39, 0.29) is 6.04 Å². The summed E-state index contributed by atoms with van der Waals surface area (Å²) in [4.78, 5) is 11.7. The highest BCUT2D eigenvalue weighted by Crippen LogP contribution is 2.32. The fourth-order valence-electron chi connectivity index (χ4n) is 2.70. The lowest BCUT2D eigenvalue weighted by atomic mass is 10.1. The van der Waals surface area contributed by atoms with E-state index in [9.17, 15) is 18.0 Å². The van der Waals surface area contributed by atoms with Crippen molar-refractivity contribution in [2.45, 2.75) is 25.2 Å². The van der Waals surface area contributed by atoms with Gasteiger partial charge in [-0.3, -0.25) is 10.0 Å². The van der Waals surface area contributed by atoms with Crippen LogP contribution in [0.25, 0.3) is 0 Å². The van der Waals surface area contributed by atoms with E-state index in [4.69, 9.17) is 9.94 Å². The lowest BCUT2D eigenvalue weighted by Gasteiger charge is -2.21. The number of carbonyl (C=O) groups excluding carboxylic acids is 1. The Kier molecular flexibility index (Phi) is 5.93. The van der Waals surface area contributed by atoms with Crippen molar-refractivity contribution in [2.75, 3.05) is 5.75 Å². The predicted octanol–water partition coefficient (Wildman–Crippen LogP) is 4.23. The third kappa shape index (κ3) is 4.94. The first kappa shape index (κ1) is 19.5. The maximum Gasteiger partial charge on any atom is 0.416 e. The Morgan fingerprint density at radius 3 is 2.30 bits per heavy atom. The van der Waals surface area contributed by atoms with Crippen molar-refractivity contribution >= 4 is 17.9 Å². The van der Waals surface area contributed by atoms with Gasteiger partial charge < -0.3 is 4.74 Å². The summed E-state index contributed by atoms with van der Waals surface area (Å²) in [5, 5.41) is 8.80. The van der Waals surface area contributed by atoms with Gasteiger partial charge in [-0.15, -0.1) is 0 Å². The first-order valence-electron chi connectivity index (χ1n) is 8.14. The summed E-state index contributed by atoms with van der Waals surface area (Å²) < 4.78 is 45.2. The van der Waals surface area contributed by atoms with E-state index in [1.54, 1.807) is 17.6 Å². The second-order valence-electron chi connectivity index (χ2n) is 5.96. The molecule has 0 radical (unpaired) electrons. The average molecular weight is 398 g/mol. The van der Waals surface area contributed by atoms with E-state index in [2.05, 4.69) is 0 Å². The van der Waals surface area contributed by atoms with Gasteiger partial charge in [-0.2, -0.15) is 13.2 Å². The van der Waals surface area contributed by atoms with Crippen molar-refractivity contribution < 1.29 is 27.9 Å². The second-order valence-corrected chi connectivity index (χ2v) is 7.09. The fraction of sp³-hybridized carbons (Fsp3) is 0.278. The standard InChI is InChI=1S/C18H17F3N2O3S/c19-18(20,21)13-3-7-15(8-4-13)26-14-5-1-12(2-6-14)11-23-16(9-10-27-23)17(24)22-25/h1-8,16,25H,9-11H2,(H,22,24)/t16-/m1/s1. The summed E-state index contributed by atoms with van der Waals surface area (Å²) in [6.07, 6.45) is -3.72. The molecule has 2 aromatic carbocycles. The number of hydroxylamine groups is 1. The van der Waals surface area contributed by atoms with Gasteiger partial charge in [0.25, 0.3) is 5.91 Å². The first-order valence-corrected chi connectivity index (χ1v) is 9.08. The number of ether oxygens (including phenoxy) is 1. The normalized spacial score (nSPS) is 17.7. The van der Waals surface area contributed by atoms with Crippen LogP contribution in [0.4, 0.5) is 13.2 Å². The molecule has 0 bridgehead atoms. The molecule has 1 heterocycles. The zero-order valence-electron chi connectivity index (χ0n) is 14.1. The van der Waals surface area contributed by atoms with Crippen LogP contribution in [-0.4, -0.2) is 27.2 Å². The molecule has 9 heteroatoms. The van der Waals surface area contributed by atoms with E-state index in [1.807, 2.05) is 16.4 Å². The number of alkyl halides is 3. The van der Waals surface area contributed by atoms with Gasteiger partial charge in [0.2, 0.25) is 0 Å². The molecule has 5 nitrogen and oxygen atoms in total. The van der Waals surface area contributed by atoms with Gasteiger partial charge in [0.1, 0.15) is 17.5 Å². The summed E-state index contributed by atoms with van der Waals surface area (Å²) in [5.74, 6) is 1.18. The van der Waals surface area contributed by atoms with E-state index < -0.39 is 17.6 Å². The molecule has 27 heavy (non-hydrogen) atoms. The number of rotatable bonds is 5. The van der Waals surface area contributed by atoms with E-state index >= 15 is 0 Å². The van der Waals surface area contributed by atoms with Crippen LogP contribution in [0.3, 0.4) is 0 Å². The number of benzene rings is 2. The number of halogens is 3. The molecule has 0 unspecified atom stereocenters. The van der Waals surface area contributed by atoms with Crippen molar-refractivity contribution in [3.05, 3.63) is 59.7 Å². The topological polar surface area (TPSA) is 61.8 Å². The molecule has 2 aromatic rings. The van der Waals surface area contributed by atoms with Crippen LogP contribution in [0.5, 0.6) is 11.5 Å². The van der Waals surface area contributed by atoms with E-state index in [0.29, 0.717) is 24.5 Å². The Labute approximate surface area is 158 Å². The molecule has 0 spiro atoms. The van der Waals surface area contributed by atoms with Crippen LogP contribution in [0.1, 0.15) is 17.5 Å². The van der Waals surface area contributed by atoms with Crippen LogP contribution < -0.4 is 10.2 Å². The van der Waals surface area contributed by atoms with E-state index in [0.717, 1.165) is 23.4 Å². The minimum Gasteiger partial charge on any atom is -0.457 e. The Bertz CT molecular complexity index is 782. The smallest absolute Gasteiger partial charge is 0.416 e. The number of hydrogen-bond donors (Lipinski definition) is 2. The Morgan fingerprint density at radius 2 is 1.74 bits per heavy atom. The monoisotopic (exact) mass is 398 g/mol. The van der Waals surface area contributed by atoms with Gasteiger partial charge in [-0.1, -0.05) is 24.1 Å². The highest BCUT2D eigenvalue weighted by molar-refractivity contribution is 7.97. The van der Waals surface area contributed by atoms with Crippen molar-refractivity contribution in [2.24, 2.45) is 0 Å². The largest absolute Gasteiger partial charge is 0.457 e. The molecule has 1 fully saturated rings. The summed E-state index contributed by atoms with van der Waals surface area (Å²) in [5.41, 5.74) is 1.91. The van der Waals surface area contributed by atoms with Crippen LogP contribution in [-0.2, 0) is 17.5 Å². The van der Waals surface area contributed by atoms with Crippen molar-refractivity contribution in [1.29, 1.82) is 0 Å². The summed E-state index contributed by atoms with van der Waals surface area (Å²) in [7, 11) is 0. The third-order valence-corrected chi connectivity index (χ3v) is 5.22. The molecule has 1 saturated heterocycles. The van der Waals surface area contributed by atoms with Gasteiger partial charge >= 0.3 is 6.18 Å². The number of carbonyl (C=O) groups is 1. The molecular weight excluding hydrogens is 381 g/mol. The lowest BCUT2D eigenvalue weighted by Crippen LogP contribution is -2.39. The molecule has 0 saturated carbocycles. The van der Waals surface area contributed by atoms with Gasteiger partial charge in [-0.05, 0) is 48.4 Å². The molecular formula is C18H17F3N2O3S. The zero-order chi connectivity index (χ0) is 19.4. The third-order valence-electron chi connectivity index (χ3n) is 4.09. The number of hydrogen-bond acceptors (Lipinski definition) is 5. The van der Waals surface area contributed by atoms with E-state index in [1.165, 1.54) is 24.1 Å². The molecule has 1 aliphatic rings. The van der Waals surface area contributed by atoms with Gasteiger partial charge in [0.15, 0.2) is 0 Å². The fourth-order valence-corrected chi connectivity index (χ4v) is 3.88. The highest BCUT2D eigenvalue weighted by Gasteiger charge is 2.31. The van der Waals surface area contributed by atoms with Gasteiger partial charge in [0, 0.05) is 12.3 Å². The van der Waals surface area contributed by atoms with Crippen LogP contribution in [0.15, 0.2) is 48.5 Å². The summed E-state index contributed by atoms with van der Waals surface area (Å²) in [6.45, 7) is 0.517. The van der Waals surface area contributed by atoms with Crippen molar-refractivity contribution in [3.63, 3.8) is 0 Å². The molecule has 3 rings (SSSR count). The summed E-state index contributed by atoms with van der Waals surface area (Å²) >= 11 is 1.54.